The van der Waals surface area contributed by atoms with Gasteiger partial charge in [0.1, 0.15) is 11.8 Å². The zero-order valence-corrected chi connectivity index (χ0v) is 8.09. The fourth-order valence-corrected chi connectivity index (χ4v) is 1.25. The van der Waals surface area contributed by atoms with Gasteiger partial charge in [-0.15, -0.1) is 0 Å². The predicted molar refractivity (Wildman–Crippen MR) is 48.2 cm³/mol. The molecule has 0 spiro atoms. The molecular weight excluding hydrogens is 224 g/mol. The summed E-state index contributed by atoms with van der Waals surface area (Å²) in [6, 6.07) is 4.51. The quantitative estimate of drug-likeness (QED) is 0.780. The lowest BCUT2D eigenvalue weighted by molar-refractivity contribution is 0.145. The number of nitrogens with zero attached hydrogens (tertiary/aromatic N) is 3. The lowest BCUT2D eigenvalue weighted by atomic mass is 10.1. The molecule has 0 aromatic carbocycles. The highest BCUT2D eigenvalue weighted by Gasteiger charge is 2.17. The second kappa shape index (κ2) is 4.68. The normalized spacial score (nSPS) is 9.73. The summed E-state index contributed by atoms with van der Waals surface area (Å²) in [6.07, 6.45) is -3.03. The summed E-state index contributed by atoms with van der Waals surface area (Å²) < 4.78 is 24.9. The van der Waals surface area contributed by atoms with Crippen molar-refractivity contribution < 1.29 is 8.78 Å². The molecular formula is C9H4ClF2N3. The minimum atomic E-state index is -2.82. The Morgan fingerprint density at radius 1 is 1.47 bits per heavy atom. The number of halogens is 3. The smallest absolute Gasteiger partial charge is 0.234 e. The third-order valence-electron chi connectivity index (χ3n) is 1.67. The Kier molecular flexibility index (Phi) is 3.54. The Morgan fingerprint density at radius 3 is 2.60 bits per heavy atom. The van der Waals surface area contributed by atoms with Gasteiger partial charge in [0.15, 0.2) is 5.69 Å². The van der Waals surface area contributed by atoms with Crippen molar-refractivity contribution in [3.8, 4) is 12.1 Å². The van der Waals surface area contributed by atoms with Crippen molar-refractivity contribution in [1.29, 1.82) is 10.5 Å². The molecule has 6 heteroatoms. The Hall–Kier alpha value is -1.72. The second-order valence-electron chi connectivity index (χ2n) is 2.61. The van der Waals surface area contributed by atoms with E-state index in [1.165, 1.54) is 6.07 Å². The molecule has 0 N–H and O–H groups in total. The molecule has 0 radical (unpaired) electrons. The van der Waals surface area contributed by atoms with Crippen LogP contribution in [0, 0.1) is 22.7 Å². The molecule has 0 fully saturated rings. The number of nitriles is 2. The molecule has 0 bridgehead atoms. The number of aromatic nitrogens is 1. The van der Waals surface area contributed by atoms with Gasteiger partial charge in [-0.2, -0.15) is 10.5 Å². The van der Waals surface area contributed by atoms with E-state index in [0.29, 0.717) is 0 Å². The van der Waals surface area contributed by atoms with Crippen LogP contribution in [-0.2, 0) is 6.42 Å². The highest BCUT2D eigenvalue weighted by Crippen LogP contribution is 2.25. The first-order chi connectivity index (χ1) is 7.10. The first kappa shape index (κ1) is 11.4. The Balaban J connectivity index is 3.35. The van der Waals surface area contributed by atoms with Crippen molar-refractivity contribution in [2.75, 3.05) is 0 Å². The van der Waals surface area contributed by atoms with E-state index in [2.05, 4.69) is 4.98 Å². The fourth-order valence-electron chi connectivity index (χ4n) is 1.04. The maximum atomic E-state index is 12.5. The molecule has 0 atom stereocenters. The number of hydrogen-bond acceptors (Lipinski definition) is 3. The third kappa shape index (κ3) is 2.39. The lowest BCUT2D eigenvalue weighted by Gasteiger charge is -2.06. The van der Waals surface area contributed by atoms with Gasteiger partial charge in [-0.3, -0.25) is 0 Å². The minimum Gasteiger partial charge on any atom is -0.234 e. The zero-order valence-electron chi connectivity index (χ0n) is 7.34. The Bertz CT molecular complexity index is 460. The van der Waals surface area contributed by atoms with E-state index in [4.69, 9.17) is 22.1 Å². The first-order valence-corrected chi connectivity index (χ1v) is 4.22. The van der Waals surface area contributed by atoms with Crippen LogP contribution in [0.15, 0.2) is 6.07 Å². The summed E-state index contributed by atoms with van der Waals surface area (Å²) in [6.45, 7) is 0. The van der Waals surface area contributed by atoms with Crippen molar-refractivity contribution in [2.45, 2.75) is 12.8 Å². The van der Waals surface area contributed by atoms with Crippen LogP contribution >= 0.6 is 11.6 Å². The van der Waals surface area contributed by atoms with E-state index in [9.17, 15) is 8.78 Å². The van der Waals surface area contributed by atoms with Crippen molar-refractivity contribution in [2.24, 2.45) is 0 Å². The molecule has 1 aromatic heterocycles. The molecule has 15 heavy (non-hydrogen) atoms. The molecule has 0 aliphatic carbocycles. The lowest BCUT2D eigenvalue weighted by Crippen LogP contribution is -2.01. The van der Waals surface area contributed by atoms with Gasteiger partial charge in [-0.1, -0.05) is 11.6 Å². The van der Waals surface area contributed by atoms with Gasteiger partial charge in [0.25, 0.3) is 6.43 Å². The second-order valence-corrected chi connectivity index (χ2v) is 3.02. The molecule has 0 amide bonds. The number of pyridine rings is 1. The summed E-state index contributed by atoms with van der Waals surface area (Å²) in [7, 11) is 0. The molecule has 0 aliphatic heterocycles. The highest BCUT2D eigenvalue weighted by atomic mass is 35.5. The number of alkyl halides is 2. The summed E-state index contributed by atoms with van der Waals surface area (Å²) >= 11 is 5.60. The number of hydrogen-bond donors (Lipinski definition) is 0. The molecule has 76 valence electrons. The first-order valence-electron chi connectivity index (χ1n) is 3.84. The third-order valence-corrected chi connectivity index (χ3v) is 1.96. The van der Waals surface area contributed by atoms with E-state index in [1.54, 1.807) is 12.1 Å². The Labute approximate surface area is 89.5 Å². The molecule has 0 saturated carbocycles. The van der Waals surface area contributed by atoms with Gasteiger partial charge >= 0.3 is 0 Å². The van der Waals surface area contributed by atoms with Crippen LogP contribution in [-0.4, -0.2) is 4.98 Å². The van der Waals surface area contributed by atoms with Crippen molar-refractivity contribution in [3.63, 3.8) is 0 Å². The van der Waals surface area contributed by atoms with Crippen molar-refractivity contribution in [1.82, 2.24) is 4.98 Å². The summed E-state index contributed by atoms with van der Waals surface area (Å²) in [4.78, 5) is 3.41. The van der Waals surface area contributed by atoms with E-state index in [1.807, 2.05) is 0 Å². The van der Waals surface area contributed by atoms with Gasteiger partial charge in [-0.05, 0) is 11.6 Å². The van der Waals surface area contributed by atoms with Crippen LogP contribution in [0.5, 0.6) is 0 Å². The summed E-state index contributed by atoms with van der Waals surface area (Å²) in [5, 5.41) is 16.9. The maximum Gasteiger partial charge on any atom is 0.280 e. The van der Waals surface area contributed by atoms with Gasteiger partial charge in [0, 0.05) is 0 Å². The zero-order chi connectivity index (χ0) is 11.4. The highest BCUT2D eigenvalue weighted by molar-refractivity contribution is 6.31. The largest absolute Gasteiger partial charge is 0.280 e. The Morgan fingerprint density at radius 2 is 2.13 bits per heavy atom. The average molecular weight is 228 g/mol. The van der Waals surface area contributed by atoms with E-state index in [-0.39, 0.29) is 22.7 Å². The molecule has 0 aliphatic rings. The fraction of sp³-hybridized carbons (Fsp3) is 0.222. The predicted octanol–water partition coefficient (Wildman–Crippen LogP) is 2.61. The van der Waals surface area contributed by atoms with E-state index >= 15 is 0 Å². The SMILES string of the molecule is N#CCc1cc(Cl)c(C#N)nc1C(F)F. The van der Waals surface area contributed by atoms with Gasteiger partial charge in [0.2, 0.25) is 0 Å². The molecule has 1 rings (SSSR count). The van der Waals surface area contributed by atoms with Crippen molar-refractivity contribution >= 4 is 11.6 Å². The van der Waals surface area contributed by atoms with E-state index in [0.717, 1.165) is 0 Å². The van der Waals surface area contributed by atoms with Crippen LogP contribution in [0.25, 0.3) is 0 Å². The van der Waals surface area contributed by atoms with Crippen molar-refractivity contribution in [3.05, 3.63) is 28.0 Å². The molecule has 0 unspecified atom stereocenters. The van der Waals surface area contributed by atoms with Crippen LogP contribution in [0.1, 0.15) is 23.4 Å². The van der Waals surface area contributed by atoms with Crippen LogP contribution in [0.4, 0.5) is 8.78 Å². The summed E-state index contributed by atoms with van der Waals surface area (Å²) in [5.74, 6) is 0. The molecule has 3 nitrogen and oxygen atoms in total. The van der Waals surface area contributed by atoms with Gasteiger partial charge in [0.05, 0.1) is 17.5 Å². The van der Waals surface area contributed by atoms with E-state index < -0.39 is 12.1 Å². The van der Waals surface area contributed by atoms with Gasteiger partial charge < -0.3 is 0 Å². The molecule has 0 saturated heterocycles. The monoisotopic (exact) mass is 227 g/mol. The number of rotatable bonds is 2. The molecule has 1 heterocycles. The minimum absolute atomic E-state index is 0.0212. The molecule has 1 aromatic rings. The average Bonchev–Trinajstić information content (AvgIpc) is 2.18. The van der Waals surface area contributed by atoms with Crippen LogP contribution < -0.4 is 0 Å². The van der Waals surface area contributed by atoms with Crippen LogP contribution in [0.3, 0.4) is 0 Å². The topological polar surface area (TPSA) is 60.5 Å². The maximum absolute atomic E-state index is 12.5. The van der Waals surface area contributed by atoms with Gasteiger partial charge in [-0.25, -0.2) is 13.8 Å². The van der Waals surface area contributed by atoms with Crippen LogP contribution in [0.2, 0.25) is 5.02 Å². The standard InChI is InChI=1S/C9H4ClF2N3/c10-6-3-5(1-2-13)8(9(11)12)15-7(6)4-14/h3,9H,1H2. The summed E-state index contributed by atoms with van der Waals surface area (Å²) in [5.41, 5.74) is -0.761.